The highest BCUT2D eigenvalue weighted by atomic mass is 32.1. The van der Waals surface area contributed by atoms with Crippen LogP contribution in [0.25, 0.3) is 10.2 Å². The summed E-state index contributed by atoms with van der Waals surface area (Å²) in [5.41, 5.74) is 1.53. The zero-order valence-corrected chi connectivity index (χ0v) is 14.5. The fourth-order valence-corrected chi connectivity index (χ4v) is 3.13. The third kappa shape index (κ3) is 4.42. The van der Waals surface area contributed by atoms with Crippen LogP contribution in [0.2, 0.25) is 0 Å². The van der Waals surface area contributed by atoms with Crippen molar-refractivity contribution in [2.75, 3.05) is 6.61 Å². The molecule has 0 atom stereocenters. The topological polar surface area (TPSA) is 65.5 Å². The summed E-state index contributed by atoms with van der Waals surface area (Å²) in [7, 11) is 0. The standard InChI is InChI=1S/C19H17NO4S/c1-2-16(21)13-7-9-14(10-8-13)23-12-19(22)24-11-18-20-15-5-3-4-6-17(15)25-18/h3-10H,2,11-12H2,1H3. The van der Waals surface area contributed by atoms with Gasteiger partial charge in [-0.2, -0.15) is 0 Å². The monoisotopic (exact) mass is 355 g/mol. The average Bonchev–Trinajstić information content (AvgIpc) is 3.07. The Hall–Kier alpha value is -2.73. The minimum absolute atomic E-state index is 0.0711. The van der Waals surface area contributed by atoms with Crippen molar-refractivity contribution in [3.8, 4) is 5.75 Å². The Morgan fingerprint density at radius 3 is 2.56 bits per heavy atom. The number of ketones is 1. The third-order valence-corrected chi connectivity index (χ3v) is 4.56. The van der Waals surface area contributed by atoms with E-state index in [1.165, 1.54) is 11.3 Å². The normalized spacial score (nSPS) is 10.6. The van der Waals surface area contributed by atoms with Crippen LogP contribution in [0.15, 0.2) is 48.5 Å². The van der Waals surface area contributed by atoms with Crippen molar-refractivity contribution in [1.82, 2.24) is 4.98 Å². The molecule has 0 aliphatic heterocycles. The number of hydrogen-bond donors (Lipinski definition) is 0. The van der Waals surface area contributed by atoms with Crippen molar-refractivity contribution in [2.45, 2.75) is 20.0 Å². The van der Waals surface area contributed by atoms with Crippen LogP contribution >= 0.6 is 11.3 Å². The van der Waals surface area contributed by atoms with Crippen molar-refractivity contribution < 1.29 is 19.1 Å². The van der Waals surface area contributed by atoms with Gasteiger partial charge in [0, 0.05) is 12.0 Å². The van der Waals surface area contributed by atoms with Crippen molar-refractivity contribution >= 4 is 33.3 Å². The molecule has 2 aromatic carbocycles. The van der Waals surface area contributed by atoms with E-state index in [0.717, 1.165) is 15.2 Å². The first kappa shape index (κ1) is 17.1. The van der Waals surface area contributed by atoms with Crippen LogP contribution in [-0.2, 0) is 16.1 Å². The summed E-state index contributed by atoms with van der Waals surface area (Å²) in [6, 6.07) is 14.5. The van der Waals surface area contributed by atoms with E-state index < -0.39 is 5.97 Å². The molecule has 0 fully saturated rings. The molecule has 128 valence electrons. The van der Waals surface area contributed by atoms with E-state index in [-0.39, 0.29) is 19.0 Å². The molecule has 0 radical (unpaired) electrons. The zero-order valence-electron chi connectivity index (χ0n) is 13.7. The average molecular weight is 355 g/mol. The SMILES string of the molecule is CCC(=O)c1ccc(OCC(=O)OCc2nc3ccccc3s2)cc1. The zero-order chi connectivity index (χ0) is 17.6. The Balaban J connectivity index is 1.48. The molecule has 1 aromatic heterocycles. The van der Waals surface area contributed by atoms with Gasteiger partial charge in [-0.05, 0) is 36.4 Å². The number of nitrogens with zero attached hydrogens (tertiary/aromatic N) is 1. The predicted octanol–water partition coefficient (Wildman–Crippen LogP) is 4.01. The van der Waals surface area contributed by atoms with E-state index in [0.29, 0.717) is 17.7 Å². The molecule has 6 heteroatoms. The molecule has 0 amide bonds. The minimum atomic E-state index is -0.465. The fraction of sp³-hybridized carbons (Fsp3) is 0.211. The maximum Gasteiger partial charge on any atom is 0.344 e. The van der Waals surface area contributed by atoms with Gasteiger partial charge in [0.15, 0.2) is 12.4 Å². The Morgan fingerprint density at radius 1 is 1.08 bits per heavy atom. The van der Waals surface area contributed by atoms with Gasteiger partial charge in [0.25, 0.3) is 0 Å². The first-order valence-electron chi connectivity index (χ1n) is 7.92. The quantitative estimate of drug-likeness (QED) is 0.473. The highest BCUT2D eigenvalue weighted by Gasteiger charge is 2.09. The van der Waals surface area contributed by atoms with Crippen LogP contribution in [0.3, 0.4) is 0 Å². The van der Waals surface area contributed by atoms with Crippen molar-refractivity contribution in [1.29, 1.82) is 0 Å². The lowest BCUT2D eigenvalue weighted by Gasteiger charge is -2.06. The Labute approximate surface area is 149 Å². The van der Waals surface area contributed by atoms with E-state index in [1.807, 2.05) is 31.2 Å². The maximum atomic E-state index is 11.8. The number of carbonyl (C=O) groups is 2. The molecular weight excluding hydrogens is 338 g/mol. The summed E-state index contributed by atoms with van der Waals surface area (Å²) < 4.78 is 11.6. The van der Waals surface area contributed by atoms with Gasteiger partial charge in [-0.3, -0.25) is 4.79 Å². The molecule has 0 spiro atoms. The van der Waals surface area contributed by atoms with Gasteiger partial charge in [0.2, 0.25) is 0 Å². The Kier molecular flexibility index (Phi) is 5.40. The van der Waals surface area contributed by atoms with E-state index in [1.54, 1.807) is 24.3 Å². The molecule has 0 N–H and O–H groups in total. The van der Waals surface area contributed by atoms with Crippen molar-refractivity contribution in [2.24, 2.45) is 0 Å². The predicted molar refractivity (Wildman–Crippen MR) is 96.0 cm³/mol. The largest absolute Gasteiger partial charge is 0.482 e. The lowest BCUT2D eigenvalue weighted by Crippen LogP contribution is -2.14. The highest BCUT2D eigenvalue weighted by Crippen LogP contribution is 2.22. The van der Waals surface area contributed by atoms with Crippen molar-refractivity contribution in [3.63, 3.8) is 0 Å². The molecule has 3 aromatic rings. The number of carbonyl (C=O) groups excluding carboxylic acids is 2. The summed E-state index contributed by atoms with van der Waals surface area (Å²) in [5.74, 6) is 0.124. The Bertz CT molecular complexity index is 853. The van der Waals surface area contributed by atoms with E-state index in [2.05, 4.69) is 4.98 Å². The fourth-order valence-electron chi connectivity index (χ4n) is 2.25. The van der Waals surface area contributed by atoms with Crippen LogP contribution in [0, 0.1) is 0 Å². The van der Waals surface area contributed by atoms with Gasteiger partial charge < -0.3 is 9.47 Å². The van der Waals surface area contributed by atoms with Crippen LogP contribution < -0.4 is 4.74 Å². The third-order valence-electron chi connectivity index (χ3n) is 3.55. The number of thiazole rings is 1. The molecule has 0 aliphatic carbocycles. The van der Waals surface area contributed by atoms with E-state index in [4.69, 9.17) is 9.47 Å². The number of aromatic nitrogens is 1. The summed E-state index contributed by atoms with van der Waals surface area (Å²) in [5, 5.41) is 0.747. The Morgan fingerprint density at radius 2 is 1.84 bits per heavy atom. The first-order chi connectivity index (χ1) is 12.2. The molecular formula is C19H17NO4S. The molecule has 1 heterocycles. The molecule has 0 saturated heterocycles. The van der Waals surface area contributed by atoms with Gasteiger partial charge in [0.05, 0.1) is 10.2 Å². The number of esters is 1. The second-order valence-corrected chi connectivity index (χ2v) is 6.44. The number of rotatable bonds is 7. The number of fused-ring (bicyclic) bond motifs is 1. The number of benzene rings is 2. The number of Topliss-reactive ketones (excluding diaryl/α,β-unsaturated/α-hetero) is 1. The number of ether oxygens (including phenoxy) is 2. The van der Waals surface area contributed by atoms with Crippen LogP contribution in [0.5, 0.6) is 5.75 Å². The van der Waals surface area contributed by atoms with Crippen LogP contribution in [0.1, 0.15) is 28.7 Å². The highest BCUT2D eigenvalue weighted by molar-refractivity contribution is 7.18. The van der Waals surface area contributed by atoms with Gasteiger partial charge in [-0.15, -0.1) is 11.3 Å². The lowest BCUT2D eigenvalue weighted by molar-refractivity contribution is -0.147. The van der Waals surface area contributed by atoms with Crippen molar-refractivity contribution in [3.05, 3.63) is 59.1 Å². The van der Waals surface area contributed by atoms with E-state index in [9.17, 15) is 9.59 Å². The molecule has 3 rings (SSSR count). The van der Waals surface area contributed by atoms with Crippen LogP contribution in [-0.4, -0.2) is 23.3 Å². The van der Waals surface area contributed by atoms with E-state index >= 15 is 0 Å². The maximum absolute atomic E-state index is 11.8. The number of para-hydroxylation sites is 1. The molecule has 25 heavy (non-hydrogen) atoms. The van der Waals surface area contributed by atoms with Crippen LogP contribution in [0.4, 0.5) is 0 Å². The number of hydrogen-bond acceptors (Lipinski definition) is 6. The molecule has 0 saturated carbocycles. The van der Waals surface area contributed by atoms with Gasteiger partial charge in [-0.25, -0.2) is 9.78 Å². The second kappa shape index (κ2) is 7.90. The summed E-state index contributed by atoms with van der Waals surface area (Å²) in [6.45, 7) is 1.76. The summed E-state index contributed by atoms with van der Waals surface area (Å²) >= 11 is 1.50. The summed E-state index contributed by atoms with van der Waals surface area (Å²) in [4.78, 5) is 27.8. The molecule has 0 unspecified atom stereocenters. The van der Waals surface area contributed by atoms with Gasteiger partial charge in [-0.1, -0.05) is 19.1 Å². The first-order valence-corrected chi connectivity index (χ1v) is 8.73. The smallest absolute Gasteiger partial charge is 0.344 e. The summed E-state index contributed by atoms with van der Waals surface area (Å²) in [6.07, 6.45) is 0.457. The minimum Gasteiger partial charge on any atom is -0.482 e. The van der Waals surface area contributed by atoms with Gasteiger partial charge in [0.1, 0.15) is 17.4 Å². The molecule has 0 aliphatic rings. The molecule has 0 bridgehead atoms. The second-order valence-electron chi connectivity index (χ2n) is 5.33. The van der Waals surface area contributed by atoms with Gasteiger partial charge >= 0.3 is 5.97 Å². The molecule has 5 nitrogen and oxygen atoms in total. The lowest BCUT2D eigenvalue weighted by atomic mass is 10.1.